The van der Waals surface area contributed by atoms with Gasteiger partial charge in [0.05, 0.1) is 5.75 Å². The lowest BCUT2D eigenvalue weighted by molar-refractivity contribution is 0.474. The Morgan fingerprint density at radius 3 is 2.67 bits per heavy atom. The van der Waals surface area contributed by atoms with E-state index in [4.69, 9.17) is 16.0 Å². The number of alkyl halides is 1. The van der Waals surface area contributed by atoms with Crippen molar-refractivity contribution in [3.05, 3.63) is 23.1 Å². The molecule has 0 aliphatic heterocycles. The van der Waals surface area contributed by atoms with Gasteiger partial charge in [0.25, 0.3) is 0 Å². The first kappa shape index (κ1) is 13.5. The molecule has 15 heavy (non-hydrogen) atoms. The summed E-state index contributed by atoms with van der Waals surface area (Å²) in [6, 6.07) is 3.73. The Labute approximate surface area is 109 Å². The van der Waals surface area contributed by atoms with Crippen LogP contribution in [0, 0.1) is 11.8 Å². The van der Waals surface area contributed by atoms with E-state index in [1.807, 2.05) is 17.8 Å². The van der Waals surface area contributed by atoms with Gasteiger partial charge in [0.2, 0.25) is 0 Å². The Bertz CT molecular complexity index is 288. The smallest absolute Gasteiger partial charge is 0.193 e. The molecule has 1 aromatic heterocycles. The van der Waals surface area contributed by atoms with Crippen molar-refractivity contribution in [2.75, 3.05) is 11.1 Å². The lowest BCUT2D eigenvalue weighted by Gasteiger charge is -2.16. The molecule has 0 bridgehead atoms. The number of halogens is 2. The van der Waals surface area contributed by atoms with E-state index in [1.165, 1.54) is 0 Å². The van der Waals surface area contributed by atoms with Crippen LogP contribution >= 0.6 is 39.3 Å². The molecule has 0 aliphatic carbocycles. The molecule has 0 saturated heterocycles. The zero-order valence-corrected chi connectivity index (χ0v) is 12.2. The van der Waals surface area contributed by atoms with Gasteiger partial charge in [-0.2, -0.15) is 11.8 Å². The molecule has 1 aromatic rings. The monoisotopic (exact) mass is 310 g/mol. The van der Waals surface area contributed by atoms with E-state index in [0.29, 0.717) is 5.22 Å². The molecule has 1 atom stereocenters. The lowest BCUT2D eigenvalue weighted by Crippen LogP contribution is -2.13. The maximum absolute atomic E-state index is 5.70. The van der Waals surface area contributed by atoms with E-state index in [1.54, 1.807) is 6.07 Å². The molecule has 0 fully saturated rings. The normalized spacial score (nSPS) is 13.4. The summed E-state index contributed by atoms with van der Waals surface area (Å²) in [5, 5.41) is 1.54. The van der Waals surface area contributed by atoms with E-state index < -0.39 is 0 Å². The van der Waals surface area contributed by atoms with Gasteiger partial charge in [0.15, 0.2) is 5.22 Å². The van der Waals surface area contributed by atoms with Gasteiger partial charge < -0.3 is 4.42 Å². The van der Waals surface area contributed by atoms with Gasteiger partial charge in [-0.1, -0.05) is 29.8 Å². The zero-order valence-electron chi connectivity index (χ0n) is 9.00. The SMILES string of the molecule is CC(C)C(CBr)CSCc1ccc(Cl)o1. The molecule has 0 saturated carbocycles. The third-order valence-corrected chi connectivity index (χ3v) is 4.53. The van der Waals surface area contributed by atoms with Crippen molar-refractivity contribution in [3.63, 3.8) is 0 Å². The summed E-state index contributed by atoms with van der Waals surface area (Å²) in [6.45, 7) is 4.52. The van der Waals surface area contributed by atoms with Crippen molar-refractivity contribution in [1.29, 1.82) is 0 Å². The van der Waals surface area contributed by atoms with E-state index in [2.05, 4.69) is 29.8 Å². The minimum atomic E-state index is 0.478. The van der Waals surface area contributed by atoms with Crippen molar-refractivity contribution in [2.45, 2.75) is 19.6 Å². The maximum Gasteiger partial charge on any atom is 0.193 e. The van der Waals surface area contributed by atoms with Crippen molar-refractivity contribution in [3.8, 4) is 0 Å². The van der Waals surface area contributed by atoms with Crippen LogP contribution in [0.3, 0.4) is 0 Å². The topological polar surface area (TPSA) is 13.1 Å². The number of rotatable bonds is 6. The molecule has 1 nitrogen and oxygen atoms in total. The molecular formula is C11H16BrClOS. The van der Waals surface area contributed by atoms with Gasteiger partial charge in [0, 0.05) is 5.33 Å². The van der Waals surface area contributed by atoms with Gasteiger partial charge in [-0.15, -0.1) is 0 Å². The molecule has 86 valence electrons. The Morgan fingerprint density at radius 1 is 1.47 bits per heavy atom. The lowest BCUT2D eigenvalue weighted by atomic mass is 10.0. The molecule has 0 aromatic carbocycles. The van der Waals surface area contributed by atoms with Crippen LogP contribution in [0.15, 0.2) is 16.5 Å². The maximum atomic E-state index is 5.70. The van der Waals surface area contributed by atoms with Gasteiger partial charge in [0.1, 0.15) is 5.76 Å². The highest BCUT2D eigenvalue weighted by atomic mass is 79.9. The number of hydrogen-bond donors (Lipinski definition) is 0. The fourth-order valence-electron chi connectivity index (χ4n) is 1.16. The summed E-state index contributed by atoms with van der Waals surface area (Å²) in [4.78, 5) is 0. The Morgan fingerprint density at radius 2 is 2.20 bits per heavy atom. The van der Waals surface area contributed by atoms with Crippen LogP contribution in [0.25, 0.3) is 0 Å². The zero-order chi connectivity index (χ0) is 11.3. The Hall–Kier alpha value is 0.400. The van der Waals surface area contributed by atoms with Crippen LogP contribution in [-0.4, -0.2) is 11.1 Å². The number of thioether (sulfide) groups is 1. The first-order valence-electron chi connectivity index (χ1n) is 5.01. The van der Waals surface area contributed by atoms with Crippen molar-refractivity contribution in [1.82, 2.24) is 0 Å². The molecule has 0 N–H and O–H groups in total. The second kappa shape index (κ2) is 6.87. The Kier molecular flexibility index (Phi) is 6.17. The third kappa shape index (κ3) is 4.83. The van der Waals surface area contributed by atoms with Gasteiger partial charge in [-0.05, 0) is 41.3 Å². The number of furan rings is 1. The summed E-state index contributed by atoms with van der Waals surface area (Å²) in [5.41, 5.74) is 0. The van der Waals surface area contributed by atoms with Crippen molar-refractivity contribution >= 4 is 39.3 Å². The summed E-state index contributed by atoms with van der Waals surface area (Å²) in [5.74, 6) is 4.46. The highest BCUT2D eigenvalue weighted by molar-refractivity contribution is 9.09. The molecule has 1 unspecified atom stereocenters. The van der Waals surface area contributed by atoms with Gasteiger partial charge in [-0.3, -0.25) is 0 Å². The number of hydrogen-bond acceptors (Lipinski definition) is 2. The minimum absolute atomic E-state index is 0.478. The average molecular weight is 312 g/mol. The third-order valence-electron chi connectivity index (χ3n) is 2.35. The summed E-state index contributed by atoms with van der Waals surface area (Å²) >= 11 is 11.1. The fourth-order valence-corrected chi connectivity index (χ4v) is 3.88. The summed E-state index contributed by atoms with van der Waals surface area (Å²) < 4.78 is 5.29. The van der Waals surface area contributed by atoms with Crippen LogP contribution in [0.4, 0.5) is 0 Å². The van der Waals surface area contributed by atoms with Crippen LogP contribution in [-0.2, 0) is 5.75 Å². The highest BCUT2D eigenvalue weighted by Gasteiger charge is 2.12. The molecule has 1 rings (SSSR count). The predicted molar refractivity (Wildman–Crippen MR) is 72.0 cm³/mol. The minimum Gasteiger partial charge on any atom is -0.449 e. The van der Waals surface area contributed by atoms with E-state index >= 15 is 0 Å². The molecular weight excluding hydrogens is 296 g/mol. The first-order valence-corrected chi connectivity index (χ1v) is 7.66. The van der Waals surface area contributed by atoms with Crippen LogP contribution < -0.4 is 0 Å². The molecule has 0 amide bonds. The Balaban J connectivity index is 2.26. The average Bonchev–Trinajstić information content (AvgIpc) is 2.58. The molecule has 0 spiro atoms. The molecule has 4 heteroatoms. The van der Waals surface area contributed by atoms with Crippen LogP contribution in [0.2, 0.25) is 5.22 Å². The highest BCUT2D eigenvalue weighted by Crippen LogP contribution is 2.23. The van der Waals surface area contributed by atoms with E-state index in [-0.39, 0.29) is 0 Å². The largest absolute Gasteiger partial charge is 0.449 e. The first-order chi connectivity index (χ1) is 7.13. The van der Waals surface area contributed by atoms with Crippen LogP contribution in [0.5, 0.6) is 0 Å². The van der Waals surface area contributed by atoms with E-state index in [9.17, 15) is 0 Å². The van der Waals surface area contributed by atoms with Crippen molar-refractivity contribution in [2.24, 2.45) is 11.8 Å². The molecule has 1 heterocycles. The van der Waals surface area contributed by atoms with Gasteiger partial charge in [-0.25, -0.2) is 0 Å². The van der Waals surface area contributed by atoms with E-state index in [0.717, 1.165) is 34.4 Å². The summed E-state index contributed by atoms with van der Waals surface area (Å²) in [7, 11) is 0. The second-order valence-corrected chi connectivity index (χ2v) is 5.93. The predicted octanol–water partition coefficient (Wildman–Crippen LogP) is 4.83. The quantitative estimate of drug-likeness (QED) is 0.698. The molecule has 0 aliphatic rings. The second-order valence-electron chi connectivity index (χ2n) is 3.88. The standard InChI is InChI=1S/C11H16BrClOS/c1-8(2)9(5-12)6-15-7-10-3-4-11(13)14-10/h3-4,8-9H,5-7H2,1-2H3. The van der Waals surface area contributed by atoms with Crippen molar-refractivity contribution < 1.29 is 4.42 Å². The van der Waals surface area contributed by atoms with Crippen LogP contribution in [0.1, 0.15) is 19.6 Å². The fraction of sp³-hybridized carbons (Fsp3) is 0.636. The summed E-state index contributed by atoms with van der Waals surface area (Å²) in [6.07, 6.45) is 0. The van der Waals surface area contributed by atoms with Gasteiger partial charge >= 0.3 is 0 Å². The molecule has 0 radical (unpaired) electrons.